The minimum atomic E-state index is -4.58. The van der Waals surface area contributed by atoms with E-state index < -0.39 is 15.6 Å². The fourth-order valence-electron chi connectivity index (χ4n) is 3.48. The van der Waals surface area contributed by atoms with Crippen molar-refractivity contribution in [3.8, 4) is 5.69 Å². The van der Waals surface area contributed by atoms with Gasteiger partial charge in [-0.25, -0.2) is 8.42 Å². The van der Waals surface area contributed by atoms with E-state index in [1.807, 2.05) is 34.9 Å². The summed E-state index contributed by atoms with van der Waals surface area (Å²) >= 11 is 1.46. The Morgan fingerprint density at radius 3 is 2.26 bits per heavy atom. The fourth-order valence-corrected chi connectivity index (χ4v) is 5.11. The highest BCUT2D eigenvalue weighted by Gasteiger charge is 2.26. The molecule has 0 saturated carbocycles. The number of para-hydroxylation sites is 1. The van der Waals surface area contributed by atoms with Gasteiger partial charge in [-0.1, -0.05) is 42.1 Å². The van der Waals surface area contributed by atoms with Gasteiger partial charge in [0.1, 0.15) is 0 Å². The minimum Gasteiger partial charge on any atom is -0.341 e. The van der Waals surface area contributed by atoms with E-state index in [-0.39, 0.29) is 4.90 Å². The summed E-state index contributed by atoms with van der Waals surface area (Å²) in [6.45, 7) is 1.88. The van der Waals surface area contributed by atoms with Gasteiger partial charge in [0.05, 0.1) is 10.6 Å². The van der Waals surface area contributed by atoms with E-state index in [2.05, 4.69) is 15.1 Å². The Kier molecular flexibility index (Phi) is 6.57. The second-order valence-electron chi connectivity index (χ2n) is 7.24. The average Bonchev–Trinajstić information content (AvgIpc) is 3.23. The molecule has 2 aromatic carbocycles. The largest absolute Gasteiger partial charge is 0.341 e. The zero-order chi connectivity index (χ0) is 21.8. The van der Waals surface area contributed by atoms with E-state index in [1.54, 1.807) is 12.1 Å². The Hall–Kier alpha value is -2.46. The van der Waals surface area contributed by atoms with Gasteiger partial charge in [0.15, 0.2) is 5.16 Å². The van der Waals surface area contributed by atoms with Crippen LogP contribution in [-0.4, -0.2) is 42.0 Å². The highest BCUT2D eigenvalue weighted by Crippen LogP contribution is 2.30. The molecule has 0 atom stereocenters. The fraction of sp³-hybridized carbons (Fsp3) is 0.333. The molecule has 1 aromatic heterocycles. The van der Waals surface area contributed by atoms with Crippen LogP contribution in [0.15, 0.2) is 64.6 Å². The number of anilines is 1. The summed E-state index contributed by atoms with van der Waals surface area (Å²) in [5.41, 5.74) is 1.77. The van der Waals surface area contributed by atoms with Crippen LogP contribution in [0.4, 0.5) is 14.7 Å². The van der Waals surface area contributed by atoms with E-state index in [0.29, 0.717) is 5.75 Å². The summed E-state index contributed by atoms with van der Waals surface area (Å²) in [7, 11) is -4.58. The third-order valence-electron chi connectivity index (χ3n) is 5.12. The van der Waals surface area contributed by atoms with Crippen molar-refractivity contribution >= 4 is 27.5 Å². The van der Waals surface area contributed by atoms with Crippen LogP contribution in [0, 0.1) is 0 Å². The Labute approximate surface area is 184 Å². The maximum absolute atomic E-state index is 12.7. The minimum absolute atomic E-state index is 0.379. The number of nitrogens with zero attached hydrogens (tertiary/aromatic N) is 4. The lowest BCUT2D eigenvalue weighted by Crippen LogP contribution is -2.31. The lowest BCUT2D eigenvalue weighted by atomic mass is 10.1. The van der Waals surface area contributed by atoms with Crippen molar-refractivity contribution in [1.29, 1.82) is 0 Å². The van der Waals surface area contributed by atoms with E-state index >= 15 is 0 Å². The standard InChI is InChI=1S/C21H22F2N4O2S2/c22-19(23)31(28,29)18-11-9-16(10-12-18)15-30-21-25-24-20(26-13-5-2-6-14-26)27(21)17-7-3-1-4-8-17/h1,3-4,7-12,19H,2,5-6,13-15H2. The summed E-state index contributed by atoms with van der Waals surface area (Å²) in [5, 5.41) is 9.57. The molecule has 0 spiro atoms. The number of thioether (sulfide) groups is 1. The molecule has 10 heteroatoms. The summed E-state index contributed by atoms with van der Waals surface area (Å²) in [4.78, 5) is 1.87. The normalized spacial score (nSPS) is 14.9. The molecule has 3 aromatic rings. The van der Waals surface area contributed by atoms with Crippen LogP contribution in [0.3, 0.4) is 0 Å². The molecule has 0 N–H and O–H groups in total. The van der Waals surface area contributed by atoms with Crippen LogP contribution in [-0.2, 0) is 15.6 Å². The Morgan fingerprint density at radius 1 is 0.935 bits per heavy atom. The predicted molar refractivity (Wildman–Crippen MR) is 117 cm³/mol. The molecule has 0 amide bonds. The van der Waals surface area contributed by atoms with Crippen molar-refractivity contribution in [2.45, 2.75) is 40.8 Å². The van der Waals surface area contributed by atoms with Crippen molar-refractivity contribution in [1.82, 2.24) is 14.8 Å². The van der Waals surface area contributed by atoms with Crippen molar-refractivity contribution < 1.29 is 17.2 Å². The number of piperidine rings is 1. The van der Waals surface area contributed by atoms with E-state index in [4.69, 9.17) is 0 Å². The number of hydrogen-bond acceptors (Lipinski definition) is 6. The molecular formula is C21H22F2N4O2S2. The lowest BCUT2D eigenvalue weighted by Gasteiger charge is -2.27. The number of hydrogen-bond donors (Lipinski definition) is 0. The highest BCUT2D eigenvalue weighted by atomic mass is 32.2. The number of alkyl halides is 2. The third kappa shape index (κ3) is 4.74. The maximum atomic E-state index is 12.7. The first kappa shape index (κ1) is 21.8. The van der Waals surface area contributed by atoms with Gasteiger partial charge in [0.25, 0.3) is 0 Å². The van der Waals surface area contributed by atoms with E-state index in [1.165, 1.54) is 30.3 Å². The second kappa shape index (κ2) is 9.35. The first-order chi connectivity index (χ1) is 15.0. The number of halogens is 2. The average molecular weight is 465 g/mol. The van der Waals surface area contributed by atoms with Gasteiger partial charge in [-0.15, -0.1) is 10.2 Å². The number of rotatable bonds is 7. The summed E-state index contributed by atoms with van der Waals surface area (Å²) in [5.74, 6) is -2.11. The maximum Gasteiger partial charge on any atom is 0.341 e. The van der Waals surface area contributed by atoms with Crippen LogP contribution < -0.4 is 4.90 Å². The first-order valence-electron chi connectivity index (χ1n) is 9.96. The summed E-state index contributed by atoms with van der Waals surface area (Å²) in [6.07, 6.45) is 3.46. The quantitative estimate of drug-likeness (QED) is 0.478. The Balaban J connectivity index is 1.57. The third-order valence-corrected chi connectivity index (χ3v) is 7.52. The molecule has 31 heavy (non-hydrogen) atoms. The van der Waals surface area contributed by atoms with E-state index in [0.717, 1.165) is 48.3 Å². The molecule has 2 heterocycles. The van der Waals surface area contributed by atoms with Gasteiger partial charge in [-0.2, -0.15) is 8.78 Å². The van der Waals surface area contributed by atoms with Gasteiger partial charge in [-0.05, 0) is 49.1 Å². The van der Waals surface area contributed by atoms with Gasteiger partial charge < -0.3 is 4.90 Å². The molecule has 1 fully saturated rings. The van der Waals surface area contributed by atoms with Gasteiger partial charge in [0.2, 0.25) is 15.8 Å². The zero-order valence-electron chi connectivity index (χ0n) is 16.7. The summed E-state index contributed by atoms with van der Waals surface area (Å²) < 4.78 is 50.7. The van der Waals surface area contributed by atoms with Gasteiger partial charge in [0, 0.05) is 18.8 Å². The van der Waals surface area contributed by atoms with Crippen molar-refractivity contribution in [3.05, 3.63) is 60.2 Å². The van der Waals surface area contributed by atoms with Crippen molar-refractivity contribution in [2.24, 2.45) is 0 Å². The second-order valence-corrected chi connectivity index (χ2v) is 10.1. The molecule has 0 unspecified atom stereocenters. The van der Waals surface area contributed by atoms with Crippen LogP contribution >= 0.6 is 11.8 Å². The predicted octanol–water partition coefficient (Wildman–Crippen LogP) is 4.55. The van der Waals surface area contributed by atoms with Crippen molar-refractivity contribution in [3.63, 3.8) is 0 Å². The molecule has 6 nitrogen and oxygen atoms in total. The lowest BCUT2D eigenvalue weighted by molar-refractivity contribution is 0.234. The zero-order valence-corrected chi connectivity index (χ0v) is 18.3. The SMILES string of the molecule is O=S(=O)(c1ccc(CSc2nnc(N3CCCCC3)n2-c2ccccc2)cc1)C(F)F. The van der Waals surface area contributed by atoms with E-state index in [9.17, 15) is 17.2 Å². The Morgan fingerprint density at radius 2 is 1.61 bits per heavy atom. The molecule has 1 aliphatic heterocycles. The van der Waals surface area contributed by atoms with Crippen molar-refractivity contribution in [2.75, 3.05) is 18.0 Å². The molecule has 4 rings (SSSR count). The Bertz CT molecular complexity index is 1110. The molecule has 164 valence electrons. The molecule has 0 bridgehead atoms. The smallest absolute Gasteiger partial charge is 0.341 e. The molecule has 1 aliphatic rings. The van der Waals surface area contributed by atoms with Gasteiger partial charge >= 0.3 is 5.76 Å². The number of aromatic nitrogens is 3. The first-order valence-corrected chi connectivity index (χ1v) is 12.5. The highest BCUT2D eigenvalue weighted by molar-refractivity contribution is 7.98. The molecular weight excluding hydrogens is 442 g/mol. The van der Waals surface area contributed by atoms with Crippen LogP contribution in [0.2, 0.25) is 0 Å². The van der Waals surface area contributed by atoms with Crippen LogP contribution in [0.1, 0.15) is 24.8 Å². The summed E-state index contributed by atoms with van der Waals surface area (Å²) in [6, 6.07) is 15.4. The monoisotopic (exact) mass is 464 g/mol. The molecule has 0 aliphatic carbocycles. The topological polar surface area (TPSA) is 68.1 Å². The molecule has 1 saturated heterocycles. The van der Waals surface area contributed by atoms with Crippen LogP contribution in [0.5, 0.6) is 0 Å². The van der Waals surface area contributed by atoms with Crippen LogP contribution in [0.25, 0.3) is 5.69 Å². The van der Waals surface area contributed by atoms with Gasteiger partial charge in [-0.3, -0.25) is 4.57 Å². The number of sulfone groups is 1. The number of benzene rings is 2. The molecule has 0 radical (unpaired) electrons.